The predicted octanol–water partition coefficient (Wildman–Crippen LogP) is 1.83. The topological polar surface area (TPSA) is 61.8 Å². The lowest BCUT2D eigenvalue weighted by Gasteiger charge is -2.30. The van der Waals surface area contributed by atoms with Gasteiger partial charge < -0.3 is 20.3 Å². The summed E-state index contributed by atoms with van der Waals surface area (Å²) in [7, 11) is 1.80. The molecule has 0 saturated carbocycles. The molecule has 0 spiro atoms. The van der Waals surface area contributed by atoms with Gasteiger partial charge in [-0.2, -0.15) is 0 Å². The van der Waals surface area contributed by atoms with Gasteiger partial charge in [0.1, 0.15) is 0 Å². The number of guanidine groups is 1. The van der Waals surface area contributed by atoms with E-state index in [0.717, 1.165) is 57.5 Å². The molecule has 2 aromatic rings. The molecule has 1 fully saturated rings. The Morgan fingerprint density at radius 2 is 1.92 bits per heavy atom. The minimum atomic E-state index is 0.733. The summed E-state index contributed by atoms with van der Waals surface area (Å²) in [4.78, 5) is 11.0. The summed E-state index contributed by atoms with van der Waals surface area (Å²) in [5.41, 5.74) is 3.61. The van der Waals surface area contributed by atoms with Crippen molar-refractivity contribution in [3.05, 3.63) is 59.9 Å². The van der Waals surface area contributed by atoms with Crippen LogP contribution in [0.2, 0.25) is 0 Å². The number of anilines is 1. The monoisotopic (exact) mass is 353 g/mol. The molecule has 3 rings (SSSR count). The van der Waals surface area contributed by atoms with Crippen molar-refractivity contribution in [1.29, 1.82) is 0 Å². The zero-order valence-electron chi connectivity index (χ0n) is 15.3. The summed E-state index contributed by atoms with van der Waals surface area (Å²) in [5, 5.41) is 6.76. The summed E-state index contributed by atoms with van der Waals surface area (Å²) in [6, 6.07) is 14.5. The van der Waals surface area contributed by atoms with Crippen LogP contribution in [0.15, 0.2) is 53.7 Å². The molecule has 0 unspecified atom stereocenters. The summed E-state index contributed by atoms with van der Waals surface area (Å²) >= 11 is 0. The van der Waals surface area contributed by atoms with Crippen LogP contribution in [0, 0.1) is 0 Å². The molecule has 138 valence electrons. The molecule has 0 amide bonds. The number of benzene rings is 1. The van der Waals surface area contributed by atoms with Gasteiger partial charge in [0, 0.05) is 57.2 Å². The van der Waals surface area contributed by atoms with E-state index >= 15 is 0 Å². The number of aromatic nitrogens is 1. The molecule has 1 aliphatic heterocycles. The number of ether oxygens (including phenoxy) is 1. The quantitative estimate of drug-likeness (QED) is 0.613. The minimum Gasteiger partial charge on any atom is -0.378 e. The standard InChI is InChI=1S/C20H27N5O/c1-21-20(23-11-9-18-7-4-5-10-22-18)24-16-17-6-2-3-8-19(17)25-12-14-26-15-13-25/h2-8,10H,9,11-16H2,1H3,(H2,21,23,24). The first-order valence-corrected chi connectivity index (χ1v) is 9.12. The average Bonchev–Trinajstić information content (AvgIpc) is 2.72. The van der Waals surface area contributed by atoms with Crippen molar-refractivity contribution in [2.24, 2.45) is 4.99 Å². The van der Waals surface area contributed by atoms with Gasteiger partial charge in [-0.25, -0.2) is 0 Å². The Morgan fingerprint density at radius 1 is 1.12 bits per heavy atom. The highest BCUT2D eigenvalue weighted by atomic mass is 16.5. The highest BCUT2D eigenvalue weighted by Gasteiger charge is 2.14. The second kappa shape index (κ2) is 9.77. The number of aliphatic imine (C=N–C) groups is 1. The highest BCUT2D eigenvalue weighted by Crippen LogP contribution is 2.21. The molecule has 26 heavy (non-hydrogen) atoms. The maximum Gasteiger partial charge on any atom is 0.191 e. The van der Waals surface area contributed by atoms with Gasteiger partial charge in [0.05, 0.1) is 13.2 Å². The number of rotatable bonds is 6. The minimum absolute atomic E-state index is 0.733. The number of hydrogen-bond acceptors (Lipinski definition) is 4. The highest BCUT2D eigenvalue weighted by molar-refractivity contribution is 5.79. The Hall–Kier alpha value is -2.60. The molecule has 6 heteroatoms. The van der Waals surface area contributed by atoms with E-state index in [1.165, 1.54) is 11.3 Å². The molecule has 1 saturated heterocycles. The van der Waals surface area contributed by atoms with E-state index in [2.05, 4.69) is 49.8 Å². The second-order valence-electron chi connectivity index (χ2n) is 6.15. The Bertz CT molecular complexity index is 698. The molecule has 0 radical (unpaired) electrons. The van der Waals surface area contributed by atoms with Crippen LogP contribution in [0.3, 0.4) is 0 Å². The molecule has 1 aliphatic rings. The molecule has 2 heterocycles. The van der Waals surface area contributed by atoms with Gasteiger partial charge in [-0.15, -0.1) is 0 Å². The van der Waals surface area contributed by atoms with Crippen LogP contribution in [0.5, 0.6) is 0 Å². The van der Waals surface area contributed by atoms with E-state index in [1.54, 1.807) is 7.05 Å². The molecule has 1 aromatic carbocycles. The first-order chi connectivity index (χ1) is 12.9. The van der Waals surface area contributed by atoms with E-state index in [-0.39, 0.29) is 0 Å². The van der Waals surface area contributed by atoms with Gasteiger partial charge >= 0.3 is 0 Å². The van der Waals surface area contributed by atoms with E-state index in [4.69, 9.17) is 4.74 Å². The van der Waals surface area contributed by atoms with Gasteiger partial charge in [-0.3, -0.25) is 9.98 Å². The molecular formula is C20H27N5O. The van der Waals surface area contributed by atoms with Crippen molar-refractivity contribution in [2.45, 2.75) is 13.0 Å². The van der Waals surface area contributed by atoms with Gasteiger partial charge in [-0.05, 0) is 23.8 Å². The SMILES string of the molecule is CN=C(NCCc1ccccn1)NCc1ccccc1N1CCOCC1. The second-order valence-corrected chi connectivity index (χ2v) is 6.15. The smallest absolute Gasteiger partial charge is 0.191 e. The fraction of sp³-hybridized carbons (Fsp3) is 0.400. The van der Waals surface area contributed by atoms with E-state index in [0.29, 0.717) is 0 Å². The molecule has 6 nitrogen and oxygen atoms in total. The molecular weight excluding hydrogens is 326 g/mol. The van der Waals surface area contributed by atoms with Crippen LogP contribution in [-0.2, 0) is 17.7 Å². The molecule has 1 aromatic heterocycles. The Balaban J connectivity index is 1.52. The Morgan fingerprint density at radius 3 is 2.69 bits per heavy atom. The average molecular weight is 353 g/mol. The van der Waals surface area contributed by atoms with E-state index < -0.39 is 0 Å². The molecule has 0 bridgehead atoms. The lowest BCUT2D eigenvalue weighted by molar-refractivity contribution is 0.122. The molecule has 0 atom stereocenters. The van der Waals surface area contributed by atoms with Crippen molar-refractivity contribution in [3.8, 4) is 0 Å². The van der Waals surface area contributed by atoms with Crippen molar-refractivity contribution in [1.82, 2.24) is 15.6 Å². The van der Waals surface area contributed by atoms with Crippen LogP contribution in [-0.4, -0.2) is 50.8 Å². The largest absolute Gasteiger partial charge is 0.378 e. The zero-order valence-corrected chi connectivity index (χ0v) is 15.3. The van der Waals surface area contributed by atoms with Crippen molar-refractivity contribution < 1.29 is 4.74 Å². The number of nitrogens with one attached hydrogen (secondary N) is 2. The summed E-state index contributed by atoms with van der Waals surface area (Å²) in [5.74, 6) is 0.803. The summed E-state index contributed by atoms with van der Waals surface area (Å²) in [6.45, 7) is 4.98. The third kappa shape index (κ3) is 5.20. The summed E-state index contributed by atoms with van der Waals surface area (Å²) in [6.07, 6.45) is 2.69. The van der Waals surface area contributed by atoms with Crippen LogP contribution in [0.25, 0.3) is 0 Å². The normalized spacial score (nSPS) is 15.0. The lowest BCUT2D eigenvalue weighted by atomic mass is 10.1. The van der Waals surface area contributed by atoms with Crippen LogP contribution < -0.4 is 15.5 Å². The molecule has 2 N–H and O–H groups in total. The van der Waals surface area contributed by atoms with E-state index in [9.17, 15) is 0 Å². The number of morpholine rings is 1. The van der Waals surface area contributed by atoms with Crippen molar-refractivity contribution >= 4 is 11.6 Å². The van der Waals surface area contributed by atoms with Crippen LogP contribution in [0.4, 0.5) is 5.69 Å². The van der Waals surface area contributed by atoms with E-state index in [1.807, 2.05) is 24.4 Å². The first-order valence-electron chi connectivity index (χ1n) is 9.12. The number of para-hydroxylation sites is 1. The van der Waals surface area contributed by atoms with Crippen LogP contribution >= 0.6 is 0 Å². The first kappa shape index (κ1) is 18.2. The maximum atomic E-state index is 5.47. The van der Waals surface area contributed by atoms with Gasteiger partial charge in [0.2, 0.25) is 0 Å². The Kier molecular flexibility index (Phi) is 6.84. The third-order valence-corrected chi connectivity index (χ3v) is 4.41. The Labute approximate surface area is 155 Å². The zero-order chi connectivity index (χ0) is 18.0. The van der Waals surface area contributed by atoms with Crippen LogP contribution in [0.1, 0.15) is 11.3 Å². The number of nitrogens with zero attached hydrogens (tertiary/aromatic N) is 3. The van der Waals surface area contributed by atoms with Crippen molar-refractivity contribution in [2.75, 3.05) is 44.8 Å². The van der Waals surface area contributed by atoms with Gasteiger partial charge in [-0.1, -0.05) is 24.3 Å². The predicted molar refractivity (Wildman–Crippen MR) is 106 cm³/mol. The summed E-state index contributed by atoms with van der Waals surface area (Å²) < 4.78 is 5.47. The maximum absolute atomic E-state index is 5.47. The fourth-order valence-corrected chi connectivity index (χ4v) is 3.03. The molecule has 0 aliphatic carbocycles. The van der Waals surface area contributed by atoms with Gasteiger partial charge in [0.25, 0.3) is 0 Å². The fourth-order valence-electron chi connectivity index (χ4n) is 3.03. The number of hydrogen-bond donors (Lipinski definition) is 2. The third-order valence-electron chi connectivity index (χ3n) is 4.41. The van der Waals surface area contributed by atoms with Gasteiger partial charge in [0.15, 0.2) is 5.96 Å². The van der Waals surface area contributed by atoms with Crippen molar-refractivity contribution in [3.63, 3.8) is 0 Å². The lowest BCUT2D eigenvalue weighted by Crippen LogP contribution is -2.39. The number of pyridine rings is 1.